The van der Waals surface area contributed by atoms with Gasteiger partial charge in [0.05, 0.1) is 11.9 Å². The Labute approximate surface area is 84.2 Å². The smallest absolute Gasteiger partial charge is 0.154 e. The third kappa shape index (κ3) is 1.62. The molecule has 0 atom stereocenters. The molecule has 0 fully saturated rings. The molecule has 0 saturated heterocycles. The molecule has 0 unspecified atom stereocenters. The van der Waals surface area contributed by atoms with Crippen LogP contribution in [0.25, 0.3) is 11.7 Å². The molecule has 0 N–H and O–H groups in total. The lowest BCUT2D eigenvalue weighted by molar-refractivity contribution is 0.925. The van der Waals surface area contributed by atoms with Gasteiger partial charge in [0.1, 0.15) is 4.60 Å². The highest BCUT2D eigenvalue weighted by Crippen LogP contribution is 2.10. The first-order valence-electron chi connectivity index (χ1n) is 3.94. The van der Waals surface area contributed by atoms with E-state index in [0.717, 1.165) is 15.9 Å². The summed E-state index contributed by atoms with van der Waals surface area (Å²) >= 11 is 3.30. The minimum atomic E-state index is 0.803. The van der Waals surface area contributed by atoms with E-state index in [1.165, 1.54) is 0 Å². The number of nitrogens with zero attached hydrogens (tertiary/aromatic N) is 3. The third-order valence-corrected chi connectivity index (χ3v) is 2.03. The van der Waals surface area contributed by atoms with Crippen LogP contribution < -0.4 is 0 Å². The molecule has 13 heavy (non-hydrogen) atoms. The minimum Gasteiger partial charge on any atom is -0.220 e. The van der Waals surface area contributed by atoms with E-state index in [1.807, 2.05) is 37.4 Å². The number of rotatable bonds is 1. The molecule has 0 aliphatic heterocycles. The van der Waals surface area contributed by atoms with Crippen molar-refractivity contribution in [1.82, 2.24) is 14.6 Å². The number of hydrogen-bond acceptors (Lipinski definition) is 2. The second-order valence-electron chi connectivity index (χ2n) is 2.62. The molecular formula is C9H8BrN3. The lowest BCUT2D eigenvalue weighted by Crippen LogP contribution is -1.91. The van der Waals surface area contributed by atoms with Gasteiger partial charge in [0.15, 0.2) is 5.65 Å². The van der Waals surface area contributed by atoms with Crippen molar-refractivity contribution < 1.29 is 0 Å². The summed E-state index contributed by atoms with van der Waals surface area (Å²) in [6.45, 7) is 1.97. The summed E-state index contributed by atoms with van der Waals surface area (Å²) in [5, 5.41) is 4.32. The van der Waals surface area contributed by atoms with Crippen molar-refractivity contribution in [2.75, 3.05) is 0 Å². The van der Waals surface area contributed by atoms with E-state index in [1.54, 1.807) is 4.52 Å². The molecule has 0 bridgehead atoms. The summed E-state index contributed by atoms with van der Waals surface area (Å²) in [5.41, 5.74) is 1.78. The van der Waals surface area contributed by atoms with Crippen LogP contribution in [0, 0.1) is 0 Å². The monoisotopic (exact) mass is 237 g/mol. The molecule has 0 radical (unpaired) electrons. The number of allylic oxidation sites excluding steroid dienone is 1. The number of imidazole rings is 1. The van der Waals surface area contributed by atoms with Crippen molar-refractivity contribution in [2.24, 2.45) is 0 Å². The fraction of sp³-hybridized carbons (Fsp3) is 0.111. The van der Waals surface area contributed by atoms with Crippen LogP contribution >= 0.6 is 15.9 Å². The Morgan fingerprint density at radius 1 is 1.46 bits per heavy atom. The Hall–Kier alpha value is -1.16. The van der Waals surface area contributed by atoms with Gasteiger partial charge in [-0.05, 0) is 41.1 Å². The van der Waals surface area contributed by atoms with Gasteiger partial charge < -0.3 is 0 Å². The van der Waals surface area contributed by atoms with Gasteiger partial charge in [-0.15, -0.1) is 0 Å². The zero-order chi connectivity index (χ0) is 9.26. The Morgan fingerprint density at radius 2 is 2.31 bits per heavy atom. The van der Waals surface area contributed by atoms with Crippen molar-refractivity contribution in [2.45, 2.75) is 6.92 Å². The van der Waals surface area contributed by atoms with Crippen LogP contribution in [0.15, 0.2) is 29.0 Å². The normalized spacial score (nSPS) is 11.5. The zero-order valence-corrected chi connectivity index (χ0v) is 8.69. The van der Waals surface area contributed by atoms with Crippen molar-refractivity contribution >= 4 is 27.7 Å². The van der Waals surface area contributed by atoms with E-state index in [2.05, 4.69) is 26.0 Å². The van der Waals surface area contributed by atoms with Crippen molar-refractivity contribution in [3.63, 3.8) is 0 Å². The molecule has 0 saturated carbocycles. The summed E-state index contributed by atoms with van der Waals surface area (Å²) in [4.78, 5) is 4.21. The first kappa shape index (κ1) is 8.44. The highest BCUT2D eigenvalue weighted by Gasteiger charge is 1.98. The molecule has 0 amide bonds. The highest BCUT2D eigenvalue weighted by atomic mass is 79.9. The zero-order valence-electron chi connectivity index (χ0n) is 7.11. The molecule has 4 heteroatoms. The van der Waals surface area contributed by atoms with Gasteiger partial charge in [0.25, 0.3) is 0 Å². The van der Waals surface area contributed by atoms with E-state index in [0.29, 0.717) is 0 Å². The first-order chi connectivity index (χ1) is 6.29. The molecule has 2 rings (SSSR count). The van der Waals surface area contributed by atoms with Crippen LogP contribution in [0.3, 0.4) is 0 Å². The van der Waals surface area contributed by atoms with Gasteiger partial charge in [-0.3, -0.25) is 0 Å². The van der Waals surface area contributed by atoms with Gasteiger partial charge in [-0.1, -0.05) is 6.08 Å². The number of hydrogen-bond donors (Lipinski definition) is 0. The van der Waals surface area contributed by atoms with E-state index in [9.17, 15) is 0 Å². The van der Waals surface area contributed by atoms with Crippen molar-refractivity contribution in [1.29, 1.82) is 0 Å². The van der Waals surface area contributed by atoms with E-state index >= 15 is 0 Å². The van der Waals surface area contributed by atoms with Crippen molar-refractivity contribution in [3.05, 3.63) is 34.7 Å². The van der Waals surface area contributed by atoms with Crippen LogP contribution in [-0.4, -0.2) is 14.6 Å². The van der Waals surface area contributed by atoms with Gasteiger partial charge in [-0.25, -0.2) is 9.50 Å². The molecule has 0 aromatic carbocycles. The molecule has 66 valence electrons. The summed E-state index contributed by atoms with van der Waals surface area (Å²) in [7, 11) is 0. The van der Waals surface area contributed by atoms with Crippen molar-refractivity contribution in [3.8, 4) is 0 Å². The first-order valence-corrected chi connectivity index (χ1v) is 4.73. The molecule has 0 aliphatic rings. The Balaban J connectivity index is 2.61. The van der Waals surface area contributed by atoms with Crippen LogP contribution in [-0.2, 0) is 0 Å². The second-order valence-corrected chi connectivity index (χ2v) is 3.44. The SMILES string of the molecule is C/C=C\c1ccc2nc(Br)cn2n1. The molecule has 2 heterocycles. The molecule has 2 aromatic heterocycles. The van der Waals surface area contributed by atoms with Crippen LogP contribution in [0.2, 0.25) is 0 Å². The Bertz CT molecular complexity index is 459. The molecule has 2 aromatic rings. The average molecular weight is 238 g/mol. The molecule has 0 aliphatic carbocycles. The van der Waals surface area contributed by atoms with E-state index < -0.39 is 0 Å². The van der Waals surface area contributed by atoms with E-state index in [-0.39, 0.29) is 0 Å². The topological polar surface area (TPSA) is 30.2 Å². The predicted octanol–water partition coefficient (Wildman–Crippen LogP) is 2.52. The van der Waals surface area contributed by atoms with Gasteiger partial charge in [0, 0.05) is 0 Å². The number of aromatic nitrogens is 3. The summed E-state index contributed by atoms with van der Waals surface area (Å²) in [6.07, 6.45) is 5.75. The number of halogens is 1. The summed E-state index contributed by atoms with van der Waals surface area (Å²) in [5.74, 6) is 0. The fourth-order valence-corrected chi connectivity index (χ4v) is 1.50. The predicted molar refractivity (Wildman–Crippen MR) is 55.4 cm³/mol. The summed E-state index contributed by atoms with van der Waals surface area (Å²) < 4.78 is 2.55. The van der Waals surface area contributed by atoms with Gasteiger partial charge in [0.2, 0.25) is 0 Å². The highest BCUT2D eigenvalue weighted by molar-refractivity contribution is 9.10. The largest absolute Gasteiger partial charge is 0.220 e. The third-order valence-electron chi connectivity index (χ3n) is 1.65. The molecule has 0 spiro atoms. The molecular weight excluding hydrogens is 230 g/mol. The average Bonchev–Trinajstić information content (AvgIpc) is 2.44. The Kier molecular flexibility index (Phi) is 2.14. The van der Waals surface area contributed by atoms with Crippen LogP contribution in [0.4, 0.5) is 0 Å². The van der Waals surface area contributed by atoms with Gasteiger partial charge in [-0.2, -0.15) is 5.10 Å². The minimum absolute atomic E-state index is 0.803. The second kappa shape index (κ2) is 3.30. The lowest BCUT2D eigenvalue weighted by Gasteiger charge is -1.93. The lowest BCUT2D eigenvalue weighted by atomic mass is 10.3. The molecule has 3 nitrogen and oxygen atoms in total. The standard InChI is InChI=1S/C9H8BrN3/c1-2-3-7-4-5-9-11-8(10)6-13(9)12-7/h2-6H,1H3/b3-2-. The van der Waals surface area contributed by atoms with Crippen LogP contribution in [0.5, 0.6) is 0 Å². The quantitative estimate of drug-likeness (QED) is 0.764. The maximum Gasteiger partial charge on any atom is 0.154 e. The van der Waals surface area contributed by atoms with E-state index in [4.69, 9.17) is 0 Å². The number of fused-ring (bicyclic) bond motifs is 1. The maximum absolute atomic E-state index is 4.32. The summed E-state index contributed by atoms with van der Waals surface area (Å²) in [6, 6.07) is 3.88. The maximum atomic E-state index is 4.32. The van der Waals surface area contributed by atoms with Gasteiger partial charge >= 0.3 is 0 Å². The van der Waals surface area contributed by atoms with Crippen LogP contribution in [0.1, 0.15) is 12.6 Å². The fourth-order valence-electron chi connectivity index (χ4n) is 1.13. The Morgan fingerprint density at radius 3 is 3.08 bits per heavy atom.